The molecule has 0 aromatic heterocycles. The highest BCUT2D eigenvalue weighted by atomic mass is 16.5. The first kappa shape index (κ1) is 14.1. The standard InChI is InChI=1S/C14H17NO3/c1-15(14(17)10-11-18-2)13(16)9-8-12-6-4-3-5-7-12/h3-9H,10-11H2,1-2H3/b9-8+. The van der Waals surface area contributed by atoms with Crippen LogP contribution in [0.4, 0.5) is 0 Å². The molecule has 0 heterocycles. The summed E-state index contributed by atoms with van der Waals surface area (Å²) in [6.07, 6.45) is 3.28. The van der Waals surface area contributed by atoms with Crippen molar-refractivity contribution in [2.45, 2.75) is 6.42 Å². The van der Waals surface area contributed by atoms with Crippen molar-refractivity contribution < 1.29 is 14.3 Å². The predicted octanol–water partition coefficient (Wildman–Crippen LogP) is 1.72. The number of methoxy groups -OCH3 is 1. The highest BCUT2D eigenvalue weighted by molar-refractivity contribution is 6.02. The van der Waals surface area contributed by atoms with Gasteiger partial charge in [0.25, 0.3) is 5.91 Å². The van der Waals surface area contributed by atoms with E-state index in [0.717, 1.165) is 10.5 Å². The Bertz CT molecular complexity index is 426. The molecule has 0 aliphatic carbocycles. The molecular formula is C14H17NO3. The molecule has 96 valence electrons. The molecule has 2 amide bonds. The maximum absolute atomic E-state index is 11.7. The van der Waals surface area contributed by atoms with E-state index in [0.29, 0.717) is 6.61 Å². The Labute approximate surface area is 107 Å². The summed E-state index contributed by atoms with van der Waals surface area (Å²) >= 11 is 0. The molecule has 0 saturated heterocycles. The van der Waals surface area contributed by atoms with E-state index in [1.807, 2.05) is 30.3 Å². The number of rotatable bonds is 5. The van der Waals surface area contributed by atoms with Crippen molar-refractivity contribution in [2.75, 3.05) is 20.8 Å². The summed E-state index contributed by atoms with van der Waals surface area (Å²) in [6, 6.07) is 9.45. The fourth-order valence-corrected chi connectivity index (χ4v) is 1.32. The van der Waals surface area contributed by atoms with Gasteiger partial charge < -0.3 is 4.74 Å². The van der Waals surface area contributed by atoms with Crippen LogP contribution in [0.1, 0.15) is 12.0 Å². The summed E-state index contributed by atoms with van der Waals surface area (Å²) in [4.78, 5) is 24.3. The monoisotopic (exact) mass is 247 g/mol. The second-order valence-electron chi connectivity index (χ2n) is 3.78. The Morgan fingerprint density at radius 1 is 1.28 bits per heavy atom. The third-order valence-electron chi connectivity index (χ3n) is 2.44. The molecule has 0 aliphatic rings. The molecule has 0 N–H and O–H groups in total. The van der Waals surface area contributed by atoms with Crippen molar-refractivity contribution in [3.8, 4) is 0 Å². The maximum atomic E-state index is 11.7. The average molecular weight is 247 g/mol. The van der Waals surface area contributed by atoms with Crippen molar-refractivity contribution in [3.05, 3.63) is 42.0 Å². The number of hydrogen-bond donors (Lipinski definition) is 0. The minimum Gasteiger partial charge on any atom is -0.384 e. The lowest BCUT2D eigenvalue weighted by Gasteiger charge is -2.12. The van der Waals surface area contributed by atoms with Gasteiger partial charge in [-0.2, -0.15) is 0 Å². The number of imide groups is 1. The number of hydrogen-bond acceptors (Lipinski definition) is 3. The van der Waals surface area contributed by atoms with E-state index in [9.17, 15) is 9.59 Å². The van der Waals surface area contributed by atoms with Gasteiger partial charge in [0.1, 0.15) is 0 Å². The predicted molar refractivity (Wildman–Crippen MR) is 69.7 cm³/mol. The topological polar surface area (TPSA) is 46.6 Å². The van der Waals surface area contributed by atoms with Gasteiger partial charge in [-0.1, -0.05) is 30.3 Å². The zero-order valence-electron chi connectivity index (χ0n) is 10.6. The molecule has 0 fully saturated rings. The van der Waals surface area contributed by atoms with Crippen LogP contribution in [0.3, 0.4) is 0 Å². The first-order valence-electron chi connectivity index (χ1n) is 5.67. The highest BCUT2D eigenvalue weighted by Gasteiger charge is 2.13. The van der Waals surface area contributed by atoms with E-state index in [4.69, 9.17) is 4.74 Å². The molecule has 0 radical (unpaired) electrons. The van der Waals surface area contributed by atoms with Gasteiger partial charge in [0, 0.05) is 20.2 Å². The molecule has 0 aliphatic heterocycles. The molecule has 1 rings (SSSR count). The summed E-state index contributed by atoms with van der Waals surface area (Å²) < 4.78 is 4.79. The first-order valence-corrected chi connectivity index (χ1v) is 5.67. The van der Waals surface area contributed by atoms with Crippen molar-refractivity contribution in [1.82, 2.24) is 4.90 Å². The summed E-state index contributed by atoms with van der Waals surface area (Å²) in [5, 5.41) is 0. The fraction of sp³-hybridized carbons (Fsp3) is 0.286. The highest BCUT2D eigenvalue weighted by Crippen LogP contribution is 2.02. The second-order valence-corrected chi connectivity index (χ2v) is 3.78. The molecule has 4 nitrogen and oxygen atoms in total. The fourth-order valence-electron chi connectivity index (χ4n) is 1.32. The van der Waals surface area contributed by atoms with Crippen LogP contribution >= 0.6 is 0 Å². The van der Waals surface area contributed by atoms with Gasteiger partial charge in [-0.25, -0.2) is 0 Å². The van der Waals surface area contributed by atoms with Gasteiger partial charge in [0.2, 0.25) is 5.91 Å². The zero-order chi connectivity index (χ0) is 13.4. The first-order chi connectivity index (χ1) is 8.65. The number of benzene rings is 1. The SMILES string of the molecule is COCCC(=O)N(C)C(=O)/C=C/c1ccccc1. The van der Waals surface area contributed by atoms with Gasteiger partial charge in [-0.05, 0) is 11.6 Å². The van der Waals surface area contributed by atoms with E-state index in [1.54, 1.807) is 6.08 Å². The van der Waals surface area contributed by atoms with Crippen LogP contribution < -0.4 is 0 Å². The lowest BCUT2D eigenvalue weighted by Crippen LogP contribution is -2.32. The summed E-state index contributed by atoms with van der Waals surface area (Å²) in [6.45, 7) is 0.318. The minimum absolute atomic E-state index is 0.206. The van der Waals surface area contributed by atoms with E-state index >= 15 is 0 Å². The van der Waals surface area contributed by atoms with Crippen LogP contribution in [0.25, 0.3) is 6.08 Å². The van der Waals surface area contributed by atoms with Crippen LogP contribution in [-0.4, -0.2) is 37.5 Å². The smallest absolute Gasteiger partial charge is 0.252 e. The summed E-state index contributed by atoms with van der Waals surface area (Å²) in [5.41, 5.74) is 0.920. The van der Waals surface area contributed by atoms with Crippen LogP contribution in [-0.2, 0) is 14.3 Å². The number of amides is 2. The Morgan fingerprint density at radius 3 is 2.56 bits per heavy atom. The molecular weight excluding hydrogens is 230 g/mol. The third-order valence-corrected chi connectivity index (χ3v) is 2.44. The van der Waals surface area contributed by atoms with Crippen molar-refractivity contribution in [1.29, 1.82) is 0 Å². The van der Waals surface area contributed by atoms with E-state index in [-0.39, 0.29) is 18.2 Å². The van der Waals surface area contributed by atoms with Crippen LogP contribution in [0.2, 0.25) is 0 Å². The van der Waals surface area contributed by atoms with Crippen molar-refractivity contribution in [3.63, 3.8) is 0 Å². The zero-order valence-corrected chi connectivity index (χ0v) is 10.6. The van der Waals surface area contributed by atoms with Gasteiger partial charge >= 0.3 is 0 Å². The Kier molecular flexibility index (Phi) is 5.80. The van der Waals surface area contributed by atoms with Gasteiger partial charge in [0.15, 0.2) is 0 Å². The number of nitrogens with zero attached hydrogens (tertiary/aromatic N) is 1. The van der Waals surface area contributed by atoms with Crippen LogP contribution in [0, 0.1) is 0 Å². The molecule has 0 saturated carbocycles. The third kappa shape index (κ3) is 4.51. The average Bonchev–Trinajstić information content (AvgIpc) is 2.42. The molecule has 0 spiro atoms. The Balaban J connectivity index is 2.54. The van der Waals surface area contributed by atoms with E-state index < -0.39 is 0 Å². The molecule has 0 bridgehead atoms. The molecule has 4 heteroatoms. The van der Waals surface area contributed by atoms with Crippen molar-refractivity contribution >= 4 is 17.9 Å². The van der Waals surface area contributed by atoms with Crippen LogP contribution in [0.15, 0.2) is 36.4 Å². The number of ether oxygens (including phenoxy) is 1. The van der Waals surface area contributed by atoms with Gasteiger partial charge in [-0.15, -0.1) is 0 Å². The maximum Gasteiger partial charge on any atom is 0.252 e. The lowest BCUT2D eigenvalue weighted by molar-refractivity contribution is -0.140. The normalized spacial score (nSPS) is 10.6. The van der Waals surface area contributed by atoms with Crippen LogP contribution in [0.5, 0.6) is 0 Å². The largest absolute Gasteiger partial charge is 0.384 e. The Hall–Kier alpha value is -1.94. The number of likely N-dealkylation sites (N-methyl/N-ethyl adjacent to an activating group) is 1. The summed E-state index contributed by atoms with van der Waals surface area (Å²) in [7, 11) is 2.99. The molecule has 1 aromatic rings. The van der Waals surface area contributed by atoms with Gasteiger partial charge in [-0.3, -0.25) is 14.5 Å². The van der Waals surface area contributed by atoms with E-state index in [2.05, 4.69) is 0 Å². The second kappa shape index (κ2) is 7.40. The summed E-state index contributed by atoms with van der Waals surface area (Å²) in [5.74, 6) is -0.584. The molecule has 0 atom stereocenters. The van der Waals surface area contributed by atoms with Crippen molar-refractivity contribution in [2.24, 2.45) is 0 Å². The number of carbonyl (C=O) groups is 2. The molecule has 18 heavy (non-hydrogen) atoms. The number of carbonyl (C=O) groups excluding carboxylic acids is 2. The lowest BCUT2D eigenvalue weighted by atomic mass is 10.2. The minimum atomic E-state index is -0.333. The molecule has 0 unspecified atom stereocenters. The van der Waals surface area contributed by atoms with Gasteiger partial charge in [0.05, 0.1) is 13.0 Å². The quantitative estimate of drug-likeness (QED) is 0.744. The molecule has 1 aromatic carbocycles. The van der Waals surface area contributed by atoms with E-state index in [1.165, 1.54) is 20.2 Å². The Morgan fingerprint density at radius 2 is 1.94 bits per heavy atom.